The summed E-state index contributed by atoms with van der Waals surface area (Å²) in [6.07, 6.45) is 0.228. The highest BCUT2D eigenvalue weighted by atomic mass is 31.2. The van der Waals surface area contributed by atoms with Crippen LogP contribution in [0.25, 0.3) is 0 Å². The van der Waals surface area contributed by atoms with Crippen molar-refractivity contribution in [1.29, 1.82) is 0 Å². The summed E-state index contributed by atoms with van der Waals surface area (Å²) < 4.78 is 23.3. The fourth-order valence-electron chi connectivity index (χ4n) is 2.15. The number of hydrogen-bond acceptors (Lipinski definition) is 5. The van der Waals surface area contributed by atoms with Gasteiger partial charge in [0.05, 0.1) is 13.2 Å². The molecule has 0 heterocycles. The number of nitrogens with one attached hydrogen (secondary N) is 2. The normalized spacial score (nSPS) is 14.6. The van der Waals surface area contributed by atoms with Crippen LogP contribution in [0, 0.1) is 0 Å². The second kappa shape index (κ2) is 10.3. The molecule has 0 saturated carbocycles. The van der Waals surface area contributed by atoms with Crippen LogP contribution in [-0.2, 0) is 25.0 Å². The maximum absolute atomic E-state index is 13.0. The van der Waals surface area contributed by atoms with Crippen LogP contribution in [0.4, 0.5) is 4.79 Å². The zero-order valence-corrected chi connectivity index (χ0v) is 16.0. The topological polar surface area (TPSA) is 93.7 Å². The largest absolute Gasteiger partial charge is 0.465 e. The van der Waals surface area contributed by atoms with Gasteiger partial charge in [0.25, 0.3) is 0 Å². The molecule has 0 aromatic heterocycles. The maximum atomic E-state index is 13.0. The lowest BCUT2D eigenvalue weighted by atomic mass is 10.1. The van der Waals surface area contributed by atoms with Crippen LogP contribution >= 0.6 is 7.52 Å². The molecule has 140 valence electrons. The molecule has 8 heteroatoms. The summed E-state index contributed by atoms with van der Waals surface area (Å²) in [6, 6.07) is 8.05. The molecule has 0 saturated heterocycles. The molecule has 7 nitrogen and oxygen atoms in total. The van der Waals surface area contributed by atoms with Gasteiger partial charge in [0.1, 0.15) is 6.04 Å². The number of esters is 1. The Labute approximate surface area is 149 Å². The van der Waals surface area contributed by atoms with Crippen molar-refractivity contribution in [3.63, 3.8) is 0 Å². The van der Waals surface area contributed by atoms with Gasteiger partial charge < -0.3 is 14.6 Å². The number of carbonyl (C=O) groups excluding carboxylic acids is 2. The minimum atomic E-state index is -3.94. The van der Waals surface area contributed by atoms with E-state index in [0.29, 0.717) is 0 Å². The fraction of sp³-hybridized carbons (Fsp3) is 0.529. The van der Waals surface area contributed by atoms with E-state index in [1.165, 1.54) is 0 Å². The van der Waals surface area contributed by atoms with Crippen LogP contribution < -0.4 is 10.4 Å². The zero-order chi connectivity index (χ0) is 18.9. The third-order valence-electron chi connectivity index (χ3n) is 3.17. The summed E-state index contributed by atoms with van der Waals surface area (Å²) in [5, 5.41) is 5.18. The van der Waals surface area contributed by atoms with Crippen molar-refractivity contribution >= 4 is 19.1 Å². The minimum absolute atomic E-state index is 0.0661. The predicted octanol–water partition coefficient (Wildman–Crippen LogP) is 3.10. The highest BCUT2D eigenvalue weighted by Gasteiger charge is 2.38. The number of benzene rings is 1. The van der Waals surface area contributed by atoms with Crippen LogP contribution in [0.2, 0.25) is 0 Å². The molecule has 0 aliphatic rings. The van der Waals surface area contributed by atoms with Gasteiger partial charge >= 0.3 is 19.1 Å². The van der Waals surface area contributed by atoms with Crippen molar-refractivity contribution in [3.05, 3.63) is 35.9 Å². The molecule has 0 spiro atoms. The Morgan fingerprint density at radius 2 is 1.76 bits per heavy atom. The lowest BCUT2D eigenvalue weighted by Gasteiger charge is -2.24. The van der Waals surface area contributed by atoms with Gasteiger partial charge in [-0.15, -0.1) is 0 Å². The van der Waals surface area contributed by atoms with Gasteiger partial charge in [-0.2, -0.15) is 0 Å². The van der Waals surface area contributed by atoms with E-state index < -0.39 is 25.2 Å². The first kappa shape index (κ1) is 21.4. The van der Waals surface area contributed by atoms with Gasteiger partial charge in [0.15, 0.2) is 0 Å². The van der Waals surface area contributed by atoms with Crippen molar-refractivity contribution in [2.24, 2.45) is 0 Å². The lowest BCUT2D eigenvalue weighted by Crippen LogP contribution is -2.42. The second-order valence-corrected chi connectivity index (χ2v) is 7.72. The monoisotopic (exact) mass is 370 g/mol. The van der Waals surface area contributed by atoms with E-state index in [9.17, 15) is 14.2 Å². The Kier molecular flexibility index (Phi) is 8.83. The third-order valence-corrected chi connectivity index (χ3v) is 5.11. The van der Waals surface area contributed by atoms with E-state index in [-0.39, 0.29) is 25.7 Å². The molecule has 0 radical (unpaired) electrons. The fourth-order valence-corrected chi connectivity index (χ4v) is 3.86. The first-order chi connectivity index (χ1) is 11.8. The van der Waals surface area contributed by atoms with Crippen molar-refractivity contribution in [1.82, 2.24) is 10.4 Å². The second-order valence-electron chi connectivity index (χ2n) is 5.70. The van der Waals surface area contributed by atoms with Crippen LogP contribution in [0.15, 0.2) is 30.3 Å². The Morgan fingerprint density at radius 3 is 2.28 bits per heavy atom. The Bertz CT molecular complexity index is 606. The van der Waals surface area contributed by atoms with E-state index in [0.717, 1.165) is 5.56 Å². The van der Waals surface area contributed by atoms with Gasteiger partial charge in [-0.05, 0) is 39.7 Å². The number of hydrogen-bond donors (Lipinski definition) is 2. The average molecular weight is 370 g/mol. The van der Waals surface area contributed by atoms with E-state index in [1.54, 1.807) is 27.7 Å². The van der Waals surface area contributed by atoms with E-state index >= 15 is 0 Å². The summed E-state index contributed by atoms with van der Waals surface area (Å²) >= 11 is 0. The Hall–Kier alpha value is -1.69. The van der Waals surface area contributed by atoms with Crippen LogP contribution in [0.1, 0.15) is 33.3 Å². The summed E-state index contributed by atoms with van der Waals surface area (Å²) in [6.45, 7) is 7.07. The molecule has 1 amide bonds. The summed E-state index contributed by atoms with van der Waals surface area (Å²) in [4.78, 5) is 24.6. The SMILES string of the molecule is CCOC(=O)[C@H](Cc1ccccc1)N[P@](=O)(OCC)C(=O)NC(C)C. The van der Waals surface area contributed by atoms with Crippen LogP contribution in [0.3, 0.4) is 0 Å². The predicted molar refractivity (Wildman–Crippen MR) is 96.6 cm³/mol. The minimum Gasteiger partial charge on any atom is -0.465 e. The number of amides is 1. The molecule has 0 aliphatic heterocycles. The molecule has 25 heavy (non-hydrogen) atoms. The number of rotatable bonds is 10. The van der Waals surface area contributed by atoms with Gasteiger partial charge in [-0.1, -0.05) is 30.3 Å². The quantitative estimate of drug-likeness (QED) is 0.486. The first-order valence-corrected chi connectivity index (χ1v) is 9.98. The molecule has 2 atom stereocenters. The van der Waals surface area contributed by atoms with Gasteiger partial charge in [0.2, 0.25) is 0 Å². The van der Waals surface area contributed by atoms with Gasteiger partial charge in [0, 0.05) is 6.04 Å². The molecular weight excluding hydrogens is 343 g/mol. The van der Waals surface area contributed by atoms with Gasteiger partial charge in [-0.25, -0.2) is 5.09 Å². The highest BCUT2D eigenvalue weighted by Crippen LogP contribution is 2.44. The molecular formula is C17H27N2O5P. The molecule has 1 rings (SSSR count). The van der Waals surface area contributed by atoms with Crippen molar-refractivity contribution in [3.8, 4) is 0 Å². The number of ether oxygens (including phenoxy) is 1. The zero-order valence-electron chi connectivity index (χ0n) is 15.2. The molecule has 2 N–H and O–H groups in total. The van der Waals surface area contributed by atoms with Crippen LogP contribution in [-0.4, -0.2) is 36.9 Å². The van der Waals surface area contributed by atoms with Crippen LogP contribution in [0.5, 0.6) is 0 Å². The Morgan fingerprint density at radius 1 is 1.12 bits per heavy atom. The first-order valence-electron chi connectivity index (χ1n) is 8.36. The summed E-state index contributed by atoms with van der Waals surface area (Å²) in [5.41, 5.74) is 0.0899. The molecule has 0 fully saturated rings. The van der Waals surface area contributed by atoms with Crippen molar-refractivity contribution in [2.45, 2.75) is 46.2 Å². The summed E-state index contributed by atoms with van der Waals surface area (Å²) in [5.74, 6) is -0.580. The average Bonchev–Trinajstić information content (AvgIpc) is 2.55. The smallest absolute Gasteiger partial charge is 0.356 e. The lowest BCUT2D eigenvalue weighted by molar-refractivity contribution is -0.145. The molecule has 1 aromatic rings. The molecule has 0 aliphatic carbocycles. The summed E-state index contributed by atoms with van der Waals surface area (Å²) in [7, 11) is -3.94. The Balaban J connectivity index is 3.03. The standard InChI is InChI=1S/C17H27N2O5P/c1-5-23-16(20)15(12-14-10-8-7-9-11-14)19-25(22,24-6-2)17(21)18-13(3)4/h7-11,13,15H,5-6,12H2,1-4H3,(H,18,21)(H,19,22)/t15-,25+/m0/s1. The molecule has 0 bridgehead atoms. The number of carbonyl (C=O) groups is 2. The van der Waals surface area contributed by atoms with E-state index in [4.69, 9.17) is 9.26 Å². The van der Waals surface area contributed by atoms with Crippen molar-refractivity contribution in [2.75, 3.05) is 13.2 Å². The molecule has 0 unspecified atom stereocenters. The van der Waals surface area contributed by atoms with Crippen molar-refractivity contribution < 1.29 is 23.4 Å². The van der Waals surface area contributed by atoms with E-state index in [1.807, 2.05) is 30.3 Å². The maximum Gasteiger partial charge on any atom is 0.356 e. The van der Waals surface area contributed by atoms with Gasteiger partial charge in [-0.3, -0.25) is 14.2 Å². The molecule has 1 aromatic carbocycles. The highest BCUT2D eigenvalue weighted by molar-refractivity contribution is 7.74. The third kappa shape index (κ3) is 6.98. The van der Waals surface area contributed by atoms with E-state index in [2.05, 4.69) is 10.4 Å².